The number of rotatable bonds is 5. The molecule has 0 spiro atoms. The van der Waals surface area contributed by atoms with Gasteiger partial charge in [-0.25, -0.2) is 4.98 Å². The largest absolute Gasteiger partial charge is 0.361 e. The van der Waals surface area contributed by atoms with Crippen molar-refractivity contribution in [1.82, 2.24) is 9.88 Å². The summed E-state index contributed by atoms with van der Waals surface area (Å²) < 4.78 is 0.930. The first-order valence-electron chi connectivity index (χ1n) is 8.38. The molecule has 24 heavy (non-hydrogen) atoms. The third-order valence-corrected chi connectivity index (χ3v) is 4.95. The van der Waals surface area contributed by atoms with Crippen molar-refractivity contribution < 1.29 is 4.79 Å². The molecule has 0 unspecified atom stereocenters. The van der Waals surface area contributed by atoms with Crippen molar-refractivity contribution in [3.63, 3.8) is 0 Å². The van der Waals surface area contributed by atoms with Crippen molar-refractivity contribution in [3.05, 3.63) is 58.7 Å². The SMILES string of the molecule is O=C(CNc1ccc(Br)cn1)N1CCC(Cc2ccccc2)CC1. The summed E-state index contributed by atoms with van der Waals surface area (Å²) in [6.45, 7) is 2.01. The number of nitrogens with one attached hydrogen (secondary N) is 1. The summed E-state index contributed by atoms with van der Waals surface area (Å²) in [5, 5.41) is 3.10. The Morgan fingerprint density at radius 1 is 1.17 bits per heavy atom. The topological polar surface area (TPSA) is 45.2 Å². The van der Waals surface area contributed by atoms with Crippen molar-refractivity contribution >= 4 is 27.7 Å². The Morgan fingerprint density at radius 2 is 1.92 bits per heavy atom. The summed E-state index contributed by atoms with van der Waals surface area (Å²) in [6, 6.07) is 14.4. The number of likely N-dealkylation sites (tertiary alicyclic amines) is 1. The molecule has 1 N–H and O–H groups in total. The molecule has 5 heteroatoms. The molecule has 1 fully saturated rings. The predicted molar refractivity (Wildman–Crippen MR) is 99.9 cm³/mol. The number of hydrogen-bond donors (Lipinski definition) is 1. The van der Waals surface area contributed by atoms with Gasteiger partial charge in [0.05, 0.1) is 6.54 Å². The lowest BCUT2D eigenvalue weighted by Gasteiger charge is -2.32. The zero-order valence-corrected chi connectivity index (χ0v) is 15.2. The number of benzene rings is 1. The van der Waals surface area contributed by atoms with E-state index in [2.05, 4.69) is 56.6 Å². The van der Waals surface area contributed by atoms with Crippen molar-refractivity contribution in [3.8, 4) is 0 Å². The van der Waals surface area contributed by atoms with E-state index in [1.807, 2.05) is 17.0 Å². The summed E-state index contributed by atoms with van der Waals surface area (Å²) in [6.07, 6.45) is 5.00. The van der Waals surface area contributed by atoms with Gasteiger partial charge in [-0.05, 0) is 58.8 Å². The first-order valence-corrected chi connectivity index (χ1v) is 9.17. The van der Waals surface area contributed by atoms with Crippen molar-refractivity contribution in [2.75, 3.05) is 25.0 Å². The van der Waals surface area contributed by atoms with Crippen molar-refractivity contribution in [1.29, 1.82) is 0 Å². The highest BCUT2D eigenvalue weighted by Crippen LogP contribution is 2.21. The van der Waals surface area contributed by atoms with E-state index in [4.69, 9.17) is 0 Å². The van der Waals surface area contributed by atoms with Crippen LogP contribution in [0.1, 0.15) is 18.4 Å². The first kappa shape index (κ1) is 17.0. The van der Waals surface area contributed by atoms with E-state index >= 15 is 0 Å². The highest BCUT2D eigenvalue weighted by atomic mass is 79.9. The van der Waals surface area contributed by atoms with E-state index in [1.165, 1.54) is 5.56 Å². The fourth-order valence-corrected chi connectivity index (χ4v) is 3.33. The van der Waals surface area contributed by atoms with Gasteiger partial charge in [-0.1, -0.05) is 30.3 Å². The number of carbonyl (C=O) groups is 1. The van der Waals surface area contributed by atoms with Gasteiger partial charge in [0, 0.05) is 23.8 Å². The predicted octanol–water partition coefficient (Wildman–Crippen LogP) is 3.74. The maximum atomic E-state index is 12.3. The standard InChI is InChI=1S/C19H22BrN3O/c20-17-6-7-18(21-13-17)22-14-19(24)23-10-8-16(9-11-23)12-15-4-2-1-3-5-15/h1-7,13,16H,8-12,14H2,(H,21,22). The number of pyridine rings is 1. The molecule has 126 valence electrons. The summed E-state index contributed by atoms with van der Waals surface area (Å²) in [5.74, 6) is 1.56. The van der Waals surface area contributed by atoms with Crippen LogP contribution in [0, 0.1) is 5.92 Å². The van der Waals surface area contributed by atoms with Crippen LogP contribution in [0.25, 0.3) is 0 Å². The molecule has 0 atom stereocenters. The Kier molecular flexibility index (Phi) is 5.86. The zero-order chi connectivity index (χ0) is 16.8. The van der Waals surface area contributed by atoms with Crippen LogP contribution in [-0.2, 0) is 11.2 Å². The third-order valence-electron chi connectivity index (χ3n) is 4.48. The van der Waals surface area contributed by atoms with Gasteiger partial charge < -0.3 is 10.2 Å². The lowest BCUT2D eigenvalue weighted by Crippen LogP contribution is -2.41. The smallest absolute Gasteiger partial charge is 0.241 e. The van der Waals surface area contributed by atoms with Gasteiger partial charge in [0.2, 0.25) is 5.91 Å². The van der Waals surface area contributed by atoms with Gasteiger partial charge in [-0.2, -0.15) is 0 Å². The maximum Gasteiger partial charge on any atom is 0.241 e. The highest BCUT2D eigenvalue weighted by molar-refractivity contribution is 9.10. The van der Waals surface area contributed by atoms with Crippen LogP contribution in [-0.4, -0.2) is 35.4 Å². The molecule has 0 radical (unpaired) electrons. The van der Waals surface area contributed by atoms with Gasteiger partial charge in [0.15, 0.2) is 0 Å². The molecule has 2 aromatic rings. The van der Waals surface area contributed by atoms with E-state index in [0.29, 0.717) is 12.5 Å². The molecule has 4 nitrogen and oxygen atoms in total. The molecular formula is C19H22BrN3O. The average Bonchev–Trinajstić information content (AvgIpc) is 2.62. The molecule has 1 aromatic heterocycles. The molecule has 1 aromatic carbocycles. The number of anilines is 1. The summed E-state index contributed by atoms with van der Waals surface area (Å²) in [5.41, 5.74) is 1.39. The molecule has 1 saturated heterocycles. The molecule has 3 rings (SSSR count). The number of amides is 1. The lowest BCUT2D eigenvalue weighted by molar-refractivity contribution is -0.130. The quantitative estimate of drug-likeness (QED) is 0.849. The minimum absolute atomic E-state index is 0.151. The van der Waals surface area contributed by atoms with Crippen LogP contribution >= 0.6 is 15.9 Å². The number of piperidine rings is 1. The number of aromatic nitrogens is 1. The molecule has 1 aliphatic heterocycles. The first-order chi connectivity index (χ1) is 11.7. The fourth-order valence-electron chi connectivity index (χ4n) is 3.09. The van der Waals surface area contributed by atoms with Gasteiger partial charge >= 0.3 is 0 Å². The van der Waals surface area contributed by atoms with E-state index in [1.54, 1.807) is 6.20 Å². The van der Waals surface area contributed by atoms with Gasteiger partial charge in [0.25, 0.3) is 0 Å². The normalized spacial score (nSPS) is 15.3. The molecule has 0 bridgehead atoms. The number of carbonyl (C=O) groups excluding carboxylic acids is 1. The van der Waals surface area contributed by atoms with Gasteiger partial charge in [-0.3, -0.25) is 4.79 Å². The van der Waals surface area contributed by atoms with E-state index in [9.17, 15) is 4.79 Å². The zero-order valence-electron chi connectivity index (χ0n) is 13.6. The Morgan fingerprint density at radius 3 is 2.58 bits per heavy atom. The average molecular weight is 388 g/mol. The molecule has 2 heterocycles. The molecule has 0 aliphatic carbocycles. The van der Waals surface area contributed by atoms with E-state index < -0.39 is 0 Å². The summed E-state index contributed by atoms with van der Waals surface area (Å²) >= 11 is 3.35. The summed E-state index contributed by atoms with van der Waals surface area (Å²) in [4.78, 5) is 18.5. The number of nitrogens with zero attached hydrogens (tertiary/aromatic N) is 2. The maximum absolute atomic E-state index is 12.3. The van der Waals surface area contributed by atoms with Crippen LogP contribution in [0.5, 0.6) is 0 Å². The minimum atomic E-state index is 0.151. The fraction of sp³-hybridized carbons (Fsp3) is 0.368. The van der Waals surface area contributed by atoms with Crippen LogP contribution in [0.3, 0.4) is 0 Å². The van der Waals surface area contributed by atoms with Crippen LogP contribution in [0.4, 0.5) is 5.82 Å². The highest BCUT2D eigenvalue weighted by Gasteiger charge is 2.22. The number of halogens is 1. The molecule has 0 saturated carbocycles. The molecule has 1 aliphatic rings. The molecule has 1 amide bonds. The summed E-state index contributed by atoms with van der Waals surface area (Å²) in [7, 11) is 0. The van der Waals surface area contributed by atoms with Crippen molar-refractivity contribution in [2.24, 2.45) is 5.92 Å². The van der Waals surface area contributed by atoms with Gasteiger partial charge in [-0.15, -0.1) is 0 Å². The minimum Gasteiger partial charge on any atom is -0.361 e. The van der Waals surface area contributed by atoms with E-state index in [0.717, 1.165) is 42.6 Å². The monoisotopic (exact) mass is 387 g/mol. The Bertz CT molecular complexity index is 652. The second-order valence-electron chi connectivity index (χ2n) is 6.23. The van der Waals surface area contributed by atoms with Crippen LogP contribution in [0.2, 0.25) is 0 Å². The molecular weight excluding hydrogens is 366 g/mol. The lowest BCUT2D eigenvalue weighted by atomic mass is 9.90. The van der Waals surface area contributed by atoms with Gasteiger partial charge in [0.1, 0.15) is 5.82 Å². The third kappa shape index (κ3) is 4.81. The van der Waals surface area contributed by atoms with Crippen molar-refractivity contribution in [2.45, 2.75) is 19.3 Å². The van der Waals surface area contributed by atoms with E-state index in [-0.39, 0.29) is 5.91 Å². The Hall–Kier alpha value is -1.88. The second kappa shape index (κ2) is 8.29. The van der Waals surface area contributed by atoms with Crippen LogP contribution in [0.15, 0.2) is 53.1 Å². The Labute approximate surface area is 151 Å². The number of hydrogen-bond acceptors (Lipinski definition) is 3. The van der Waals surface area contributed by atoms with Crippen LogP contribution < -0.4 is 5.32 Å². The second-order valence-corrected chi connectivity index (χ2v) is 7.14. The Balaban J connectivity index is 1.42.